The van der Waals surface area contributed by atoms with Gasteiger partial charge in [-0.3, -0.25) is 4.79 Å². The molecule has 1 N–H and O–H groups in total. The summed E-state index contributed by atoms with van der Waals surface area (Å²) in [6.07, 6.45) is 0. The topological polar surface area (TPSA) is 56.8 Å². The molecule has 2 aromatic carbocycles. The molecule has 0 fully saturated rings. The molecule has 1 amide bonds. The van der Waals surface area contributed by atoms with Gasteiger partial charge < -0.3 is 19.5 Å². The predicted octanol–water partition coefficient (Wildman–Crippen LogP) is 3.63. The number of halogens is 1. The second-order valence-electron chi connectivity index (χ2n) is 4.67. The highest BCUT2D eigenvalue weighted by molar-refractivity contribution is 6.32. The van der Waals surface area contributed by atoms with E-state index in [1.807, 2.05) is 0 Å². The van der Waals surface area contributed by atoms with Gasteiger partial charge in [0.2, 0.25) is 0 Å². The van der Waals surface area contributed by atoms with Crippen molar-refractivity contribution in [1.82, 2.24) is 0 Å². The van der Waals surface area contributed by atoms with Crippen LogP contribution in [-0.2, 0) is 4.74 Å². The van der Waals surface area contributed by atoms with Crippen LogP contribution >= 0.6 is 11.6 Å². The fourth-order valence-electron chi connectivity index (χ4n) is 1.89. The highest BCUT2D eigenvalue weighted by atomic mass is 35.5. The molecule has 0 radical (unpaired) electrons. The van der Waals surface area contributed by atoms with E-state index in [9.17, 15) is 4.79 Å². The Morgan fingerprint density at radius 1 is 1.09 bits per heavy atom. The SMILES string of the molecule is COCCOc1ccc(C(=O)Nc2ccc(OC)c(Cl)c2)cc1. The standard InChI is InChI=1S/C17H18ClNO4/c1-21-9-10-23-14-6-3-12(4-7-14)17(20)19-13-5-8-16(22-2)15(18)11-13/h3-8,11H,9-10H2,1-2H3,(H,19,20). The number of anilines is 1. The van der Waals surface area contributed by atoms with Crippen LogP contribution in [0.4, 0.5) is 5.69 Å². The molecule has 122 valence electrons. The van der Waals surface area contributed by atoms with Gasteiger partial charge in [0.25, 0.3) is 5.91 Å². The largest absolute Gasteiger partial charge is 0.495 e. The maximum atomic E-state index is 12.2. The zero-order chi connectivity index (χ0) is 16.7. The van der Waals surface area contributed by atoms with Gasteiger partial charge in [0.1, 0.15) is 18.1 Å². The van der Waals surface area contributed by atoms with Crippen molar-refractivity contribution in [2.75, 3.05) is 32.8 Å². The first-order chi connectivity index (χ1) is 11.1. The van der Waals surface area contributed by atoms with Gasteiger partial charge in [-0.1, -0.05) is 11.6 Å². The fourth-order valence-corrected chi connectivity index (χ4v) is 2.15. The number of carbonyl (C=O) groups excluding carboxylic acids is 1. The molecule has 0 spiro atoms. The molecule has 0 atom stereocenters. The molecule has 0 aliphatic heterocycles. The lowest BCUT2D eigenvalue weighted by Gasteiger charge is -2.09. The number of benzene rings is 2. The molecule has 6 heteroatoms. The number of rotatable bonds is 7. The van der Waals surface area contributed by atoms with E-state index in [0.29, 0.717) is 41.0 Å². The number of hydrogen-bond acceptors (Lipinski definition) is 4. The van der Waals surface area contributed by atoms with Crippen LogP contribution in [0.1, 0.15) is 10.4 Å². The molecule has 0 aliphatic carbocycles. The highest BCUT2D eigenvalue weighted by Gasteiger charge is 2.08. The predicted molar refractivity (Wildman–Crippen MR) is 89.8 cm³/mol. The summed E-state index contributed by atoms with van der Waals surface area (Å²) in [5, 5.41) is 3.22. The van der Waals surface area contributed by atoms with Crippen LogP contribution in [0, 0.1) is 0 Å². The van der Waals surface area contributed by atoms with E-state index in [0.717, 1.165) is 0 Å². The Morgan fingerprint density at radius 2 is 1.83 bits per heavy atom. The molecule has 2 aromatic rings. The van der Waals surface area contributed by atoms with Crippen molar-refractivity contribution < 1.29 is 19.0 Å². The van der Waals surface area contributed by atoms with E-state index in [2.05, 4.69) is 5.32 Å². The van der Waals surface area contributed by atoms with E-state index in [-0.39, 0.29) is 5.91 Å². The number of methoxy groups -OCH3 is 2. The van der Waals surface area contributed by atoms with E-state index in [1.54, 1.807) is 49.6 Å². The second-order valence-corrected chi connectivity index (χ2v) is 5.08. The first kappa shape index (κ1) is 17.1. The molecule has 0 bridgehead atoms. The minimum absolute atomic E-state index is 0.227. The molecule has 0 aliphatic rings. The average molecular weight is 336 g/mol. The minimum Gasteiger partial charge on any atom is -0.495 e. The summed E-state index contributed by atoms with van der Waals surface area (Å²) in [5.74, 6) is 1.02. The fraction of sp³-hybridized carbons (Fsp3) is 0.235. The van der Waals surface area contributed by atoms with Crippen LogP contribution in [0.3, 0.4) is 0 Å². The van der Waals surface area contributed by atoms with Crippen molar-refractivity contribution in [3.63, 3.8) is 0 Å². The third kappa shape index (κ3) is 4.87. The quantitative estimate of drug-likeness (QED) is 0.785. The van der Waals surface area contributed by atoms with Crippen LogP contribution < -0.4 is 14.8 Å². The number of ether oxygens (including phenoxy) is 3. The lowest BCUT2D eigenvalue weighted by molar-refractivity contribution is 0.102. The maximum Gasteiger partial charge on any atom is 0.255 e. The van der Waals surface area contributed by atoms with E-state index < -0.39 is 0 Å². The summed E-state index contributed by atoms with van der Waals surface area (Å²) >= 11 is 6.04. The summed E-state index contributed by atoms with van der Waals surface area (Å²) in [6, 6.07) is 11.9. The number of hydrogen-bond donors (Lipinski definition) is 1. The van der Waals surface area contributed by atoms with Gasteiger partial charge in [0, 0.05) is 18.4 Å². The molecule has 0 heterocycles. The smallest absolute Gasteiger partial charge is 0.255 e. The van der Waals surface area contributed by atoms with Crippen molar-refractivity contribution in [3.8, 4) is 11.5 Å². The lowest BCUT2D eigenvalue weighted by Crippen LogP contribution is -2.12. The Hall–Kier alpha value is -2.24. The highest BCUT2D eigenvalue weighted by Crippen LogP contribution is 2.27. The van der Waals surface area contributed by atoms with Crippen molar-refractivity contribution in [2.45, 2.75) is 0 Å². The number of carbonyl (C=O) groups is 1. The summed E-state index contributed by atoms with van der Waals surface area (Å²) in [7, 11) is 3.15. The number of nitrogens with one attached hydrogen (secondary N) is 1. The van der Waals surface area contributed by atoms with Crippen LogP contribution in [0.5, 0.6) is 11.5 Å². The van der Waals surface area contributed by atoms with Crippen molar-refractivity contribution in [3.05, 3.63) is 53.1 Å². The second kappa shape index (κ2) is 8.41. The van der Waals surface area contributed by atoms with Gasteiger partial charge in [-0.05, 0) is 42.5 Å². The van der Waals surface area contributed by atoms with Crippen molar-refractivity contribution >= 4 is 23.2 Å². The molecule has 5 nitrogen and oxygen atoms in total. The Kier molecular flexibility index (Phi) is 6.26. The minimum atomic E-state index is -0.227. The molecule has 0 saturated carbocycles. The van der Waals surface area contributed by atoms with Crippen molar-refractivity contribution in [2.24, 2.45) is 0 Å². The van der Waals surface area contributed by atoms with Gasteiger partial charge in [0.05, 0.1) is 18.7 Å². The van der Waals surface area contributed by atoms with Crippen LogP contribution in [-0.4, -0.2) is 33.3 Å². The van der Waals surface area contributed by atoms with Crippen molar-refractivity contribution in [1.29, 1.82) is 0 Å². The monoisotopic (exact) mass is 335 g/mol. The lowest BCUT2D eigenvalue weighted by atomic mass is 10.2. The molecule has 2 rings (SSSR count). The van der Waals surface area contributed by atoms with Gasteiger partial charge in [-0.25, -0.2) is 0 Å². The van der Waals surface area contributed by atoms with Gasteiger partial charge in [-0.15, -0.1) is 0 Å². The molecule has 23 heavy (non-hydrogen) atoms. The normalized spacial score (nSPS) is 10.2. The Morgan fingerprint density at radius 3 is 2.43 bits per heavy atom. The average Bonchev–Trinajstić information content (AvgIpc) is 2.56. The van der Waals surface area contributed by atoms with E-state index in [4.69, 9.17) is 25.8 Å². The summed E-state index contributed by atoms with van der Waals surface area (Å²) < 4.78 is 15.4. The molecule has 0 unspecified atom stereocenters. The van der Waals surface area contributed by atoms with Gasteiger partial charge in [0.15, 0.2) is 0 Å². The number of amides is 1. The van der Waals surface area contributed by atoms with E-state index >= 15 is 0 Å². The molecular weight excluding hydrogens is 318 g/mol. The zero-order valence-electron chi connectivity index (χ0n) is 13.0. The van der Waals surface area contributed by atoms with Crippen LogP contribution in [0.15, 0.2) is 42.5 Å². The molecule has 0 aromatic heterocycles. The Balaban J connectivity index is 1.99. The van der Waals surface area contributed by atoms with E-state index in [1.165, 1.54) is 7.11 Å². The molecule has 0 saturated heterocycles. The Bertz CT molecular complexity index is 658. The van der Waals surface area contributed by atoms with Gasteiger partial charge in [-0.2, -0.15) is 0 Å². The molecular formula is C17H18ClNO4. The Labute approximate surface area is 140 Å². The van der Waals surface area contributed by atoms with Gasteiger partial charge >= 0.3 is 0 Å². The summed E-state index contributed by atoms with van der Waals surface area (Å²) in [6.45, 7) is 0.979. The summed E-state index contributed by atoms with van der Waals surface area (Å²) in [5.41, 5.74) is 1.12. The summed E-state index contributed by atoms with van der Waals surface area (Å²) in [4.78, 5) is 12.2. The third-order valence-electron chi connectivity index (χ3n) is 3.08. The third-order valence-corrected chi connectivity index (χ3v) is 3.38. The first-order valence-electron chi connectivity index (χ1n) is 7.00. The zero-order valence-corrected chi connectivity index (χ0v) is 13.7. The van der Waals surface area contributed by atoms with Crippen LogP contribution in [0.25, 0.3) is 0 Å². The first-order valence-corrected chi connectivity index (χ1v) is 7.38. The maximum absolute atomic E-state index is 12.2. The van der Waals surface area contributed by atoms with Crippen LogP contribution in [0.2, 0.25) is 5.02 Å².